The molecule has 0 radical (unpaired) electrons. The monoisotopic (exact) mass is 258 g/mol. The van der Waals surface area contributed by atoms with E-state index in [-0.39, 0.29) is 18.8 Å². The molecular weight excluding hydrogens is 240 g/mol. The fraction of sp³-hybridized carbons (Fsp3) is 0.917. The highest BCUT2D eigenvalue weighted by atomic mass is 16.9. The molecule has 0 bridgehead atoms. The molecule has 0 spiro atoms. The summed E-state index contributed by atoms with van der Waals surface area (Å²) in [6, 6.07) is 0. The van der Waals surface area contributed by atoms with E-state index < -0.39 is 23.5 Å². The second kappa shape index (κ2) is 3.52. The van der Waals surface area contributed by atoms with Crippen molar-refractivity contribution in [3.8, 4) is 0 Å². The molecule has 3 rings (SSSR count). The summed E-state index contributed by atoms with van der Waals surface area (Å²) in [7, 11) is 0. The zero-order chi connectivity index (χ0) is 13.2. The van der Waals surface area contributed by atoms with E-state index >= 15 is 0 Å². The highest BCUT2D eigenvalue weighted by Crippen LogP contribution is 2.46. The highest BCUT2D eigenvalue weighted by Gasteiger charge is 2.65. The lowest BCUT2D eigenvalue weighted by Gasteiger charge is -2.36. The first-order valence-electron chi connectivity index (χ1n) is 6.11. The number of fused-ring (bicyclic) bond motifs is 3. The van der Waals surface area contributed by atoms with Crippen LogP contribution in [0.4, 0.5) is 0 Å². The Bertz CT molecular complexity index is 379. The maximum absolute atomic E-state index is 11.4. The minimum atomic E-state index is -1.38. The molecule has 0 aliphatic carbocycles. The first-order chi connectivity index (χ1) is 8.27. The third-order valence-corrected chi connectivity index (χ3v) is 3.37. The summed E-state index contributed by atoms with van der Waals surface area (Å²) in [6.45, 7) is 7.40. The van der Waals surface area contributed by atoms with Gasteiger partial charge in [-0.3, -0.25) is 4.79 Å². The SMILES string of the molecule is CC1(C)O[C@@H]2[C@@H](CO[C@@]3(C=O)OC(C)(C)O[C@@H]23)O1. The van der Waals surface area contributed by atoms with E-state index in [0.717, 1.165) is 0 Å². The van der Waals surface area contributed by atoms with E-state index in [4.69, 9.17) is 23.7 Å². The van der Waals surface area contributed by atoms with Crippen LogP contribution in [0.2, 0.25) is 0 Å². The summed E-state index contributed by atoms with van der Waals surface area (Å²) in [5, 5.41) is 0. The van der Waals surface area contributed by atoms with Gasteiger partial charge in [0.15, 0.2) is 24.0 Å². The number of ether oxygens (including phenoxy) is 5. The molecular formula is C12H18O6. The van der Waals surface area contributed by atoms with Crippen LogP contribution in [0.3, 0.4) is 0 Å². The van der Waals surface area contributed by atoms with Crippen LogP contribution in [0, 0.1) is 0 Å². The van der Waals surface area contributed by atoms with Crippen LogP contribution < -0.4 is 0 Å². The van der Waals surface area contributed by atoms with Gasteiger partial charge >= 0.3 is 0 Å². The van der Waals surface area contributed by atoms with Crippen molar-refractivity contribution < 1.29 is 28.5 Å². The lowest BCUT2D eigenvalue weighted by atomic mass is 9.98. The van der Waals surface area contributed by atoms with Gasteiger partial charge in [-0.25, -0.2) is 0 Å². The van der Waals surface area contributed by atoms with Gasteiger partial charge in [-0.05, 0) is 27.7 Å². The number of aldehydes is 1. The fourth-order valence-electron chi connectivity index (χ4n) is 2.85. The molecule has 0 amide bonds. The number of hydrogen-bond donors (Lipinski definition) is 0. The molecule has 3 saturated heterocycles. The van der Waals surface area contributed by atoms with Gasteiger partial charge < -0.3 is 23.7 Å². The van der Waals surface area contributed by atoms with E-state index in [9.17, 15) is 4.79 Å². The van der Waals surface area contributed by atoms with Gasteiger partial charge in [-0.15, -0.1) is 0 Å². The van der Waals surface area contributed by atoms with Gasteiger partial charge in [-0.2, -0.15) is 0 Å². The lowest BCUT2D eigenvalue weighted by molar-refractivity contribution is -0.258. The maximum atomic E-state index is 11.4. The van der Waals surface area contributed by atoms with E-state index in [0.29, 0.717) is 6.29 Å². The van der Waals surface area contributed by atoms with Gasteiger partial charge in [0.2, 0.25) is 0 Å². The van der Waals surface area contributed by atoms with Crippen molar-refractivity contribution in [2.24, 2.45) is 0 Å². The van der Waals surface area contributed by atoms with Gasteiger partial charge in [0.1, 0.15) is 12.2 Å². The zero-order valence-corrected chi connectivity index (χ0v) is 11.0. The second-order valence-corrected chi connectivity index (χ2v) is 5.83. The largest absolute Gasteiger partial charge is 0.342 e. The Hall–Kier alpha value is -0.530. The molecule has 0 aromatic rings. The molecule has 3 aliphatic heterocycles. The van der Waals surface area contributed by atoms with Crippen molar-refractivity contribution in [1.29, 1.82) is 0 Å². The van der Waals surface area contributed by atoms with Gasteiger partial charge in [0.05, 0.1) is 6.61 Å². The Labute approximate surface area is 105 Å². The summed E-state index contributed by atoms with van der Waals surface area (Å²) >= 11 is 0. The fourth-order valence-corrected chi connectivity index (χ4v) is 2.85. The molecule has 3 fully saturated rings. The summed E-state index contributed by atoms with van der Waals surface area (Å²) < 4.78 is 28.5. The third-order valence-electron chi connectivity index (χ3n) is 3.37. The molecule has 6 heteroatoms. The molecule has 6 nitrogen and oxygen atoms in total. The molecule has 18 heavy (non-hydrogen) atoms. The second-order valence-electron chi connectivity index (χ2n) is 5.83. The number of rotatable bonds is 1. The van der Waals surface area contributed by atoms with E-state index in [1.807, 2.05) is 13.8 Å². The highest BCUT2D eigenvalue weighted by molar-refractivity contribution is 5.62. The number of carbonyl (C=O) groups is 1. The Morgan fingerprint density at radius 2 is 1.78 bits per heavy atom. The predicted octanol–water partition coefficient (Wildman–Crippen LogP) is 0.583. The predicted molar refractivity (Wildman–Crippen MR) is 58.6 cm³/mol. The zero-order valence-electron chi connectivity index (χ0n) is 11.0. The molecule has 3 heterocycles. The molecule has 0 aromatic carbocycles. The van der Waals surface area contributed by atoms with Crippen LogP contribution in [-0.2, 0) is 28.5 Å². The third kappa shape index (κ3) is 1.71. The topological polar surface area (TPSA) is 63.2 Å². The average Bonchev–Trinajstić information content (AvgIpc) is 2.70. The van der Waals surface area contributed by atoms with Crippen molar-refractivity contribution in [2.75, 3.05) is 6.61 Å². The summed E-state index contributed by atoms with van der Waals surface area (Å²) in [5.41, 5.74) is 0. The summed E-state index contributed by atoms with van der Waals surface area (Å²) in [6.07, 6.45) is -0.557. The minimum absolute atomic E-state index is 0.240. The van der Waals surface area contributed by atoms with E-state index in [1.54, 1.807) is 13.8 Å². The quantitative estimate of drug-likeness (QED) is 0.641. The van der Waals surface area contributed by atoms with Crippen molar-refractivity contribution in [3.05, 3.63) is 0 Å². The first-order valence-corrected chi connectivity index (χ1v) is 6.11. The maximum Gasteiger partial charge on any atom is 0.258 e. The Morgan fingerprint density at radius 3 is 2.44 bits per heavy atom. The molecule has 0 unspecified atom stereocenters. The van der Waals surface area contributed by atoms with Gasteiger partial charge in [0.25, 0.3) is 5.79 Å². The first kappa shape index (κ1) is 12.5. The van der Waals surface area contributed by atoms with Crippen LogP contribution in [0.15, 0.2) is 0 Å². The smallest absolute Gasteiger partial charge is 0.258 e. The van der Waals surface area contributed by atoms with Crippen LogP contribution in [0.1, 0.15) is 27.7 Å². The van der Waals surface area contributed by atoms with E-state index in [2.05, 4.69) is 0 Å². The van der Waals surface area contributed by atoms with Crippen LogP contribution >= 0.6 is 0 Å². The molecule has 0 aromatic heterocycles. The van der Waals surface area contributed by atoms with Crippen molar-refractivity contribution >= 4 is 6.29 Å². The van der Waals surface area contributed by atoms with Crippen LogP contribution in [0.5, 0.6) is 0 Å². The molecule has 3 aliphatic rings. The van der Waals surface area contributed by atoms with Gasteiger partial charge in [0, 0.05) is 0 Å². The normalized spacial score (nSPS) is 48.6. The van der Waals surface area contributed by atoms with Crippen molar-refractivity contribution in [3.63, 3.8) is 0 Å². The molecule has 0 N–H and O–H groups in total. The Kier molecular flexibility index (Phi) is 2.44. The van der Waals surface area contributed by atoms with E-state index in [1.165, 1.54) is 0 Å². The Morgan fingerprint density at radius 1 is 1.06 bits per heavy atom. The average molecular weight is 258 g/mol. The summed E-state index contributed by atoms with van der Waals surface area (Å²) in [5.74, 6) is -2.96. The van der Waals surface area contributed by atoms with Crippen LogP contribution in [0.25, 0.3) is 0 Å². The molecule has 4 atom stereocenters. The lowest BCUT2D eigenvalue weighted by Crippen LogP contribution is -2.59. The molecule has 0 saturated carbocycles. The Balaban J connectivity index is 1.93. The summed E-state index contributed by atoms with van der Waals surface area (Å²) in [4.78, 5) is 11.4. The number of hydrogen-bond acceptors (Lipinski definition) is 6. The minimum Gasteiger partial charge on any atom is -0.342 e. The molecule has 102 valence electrons. The van der Waals surface area contributed by atoms with Crippen LogP contribution in [-0.4, -0.2) is 48.6 Å². The number of carbonyl (C=O) groups excluding carboxylic acids is 1. The standard InChI is InChI=1S/C12H18O6/c1-10(2)15-7-5-14-12(6-13)9(8(7)16-10)17-11(3,4)18-12/h6-9H,5H2,1-4H3/t7-,8-,9+,12+/m1/s1. The van der Waals surface area contributed by atoms with Gasteiger partial charge in [-0.1, -0.05) is 0 Å². The van der Waals surface area contributed by atoms with Crippen molar-refractivity contribution in [1.82, 2.24) is 0 Å². The van der Waals surface area contributed by atoms with Crippen molar-refractivity contribution in [2.45, 2.75) is 63.4 Å².